The van der Waals surface area contributed by atoms with E-state index in [-0.39, 0.29) is 23.1 Å². The molecule has 1 aliphatic heterocycles. The molecule has 9 nitrogen and oxygen atoms in total. The zero-order valence-corrected chi connectivity index (χ0v) is 20.9. The van der Waals surface area contributed by atoms with E-state index >= 15 is 0 Å². The Hall–Kier alpha value is -4.63. The number of para-hydroxylation sites is 1. The molecule has 0 spiro atoms. The number of nitrogens with zero attached hydrogens (tertiary/aromatic N) is 3. The molecule has 0 atom stereocenters. The minimum atomic E-state index is -0.490. The maximum atomic E-state index is 12.7. The second kappa shape index (κ2) is 10.8. The maximum absolute atomic E-state index is 12.7. The second-order valence-electron chi connectivity index (χ2n) is 8.73. The van der Waals surface area contributed by atoms with Gasteiger partial charge in [-0.1, -0.05) is 23.7 Å². The van der Waals surface area contributed by atoms with E-state index in [0.29, 0.717) is 48.0 Å². The van der Waals surface area contributed by atoms with E-state index in [4.69, 9.17) is 16.0 Å². The van der Waals surface area contributed by atoms with Gasteiger partial charge in [-0.15, -0.1) is 0 Å². The molecule has 2 amide bonds. The molecule has 192 valence electrons. The number of amides is 2. The number of hydrogen-bond acceptors (Lipinski definition) is 6. The van der Waals surface area contributed by atoms with Gasteiger partial charge in [-0.25, -0.2) is 0 Å². The number of halogens is 1. The van der Waals surface area contributed by atoms with Crippen molar-refractivity contribution in [2.45, 2.75) is 0 Å². The van der Waals surface area contributed by atoms with Gasteiger partial charge < -0.3 is 19.5 Å². The number of nitro benzene ring substituents is 1. The molecule has 3 aromatic carbocycles. The van der Waals surface area contributed by atoms with Crippen LogP contribution in [0.15, 0.2) is 89.3 Å². The molecule has 2 heterocycles. The highest BCUT2D eigenvalue weighted by molar-refractivity contribution is 6.30. The van der Waals surface area contributed by atoms with Crippen LogP contribution in [0.25, 0.3) is 11.3 Å². The second-order valence-corrected chi connectivity index (χ2v) is 9.16. The number of furan rings is 1. The summed E-state index contributed by atoms with van der Waals surface area (Å²) in [5, 5.41) is 14.7. The average molecular weight is 531 g/mol. The van der Waals surface area contributed by atoms with Gasteiger partial charge in [0.15, 0.2) is 5.76 Å². The summed E-state index contributed by atoms with van der Waals surface area (Å²) in [5.41, 5.74) is 2.39. The van der Waals surface area contributed by atoms with E-state index in [2.05, 4.69) is 10.2 Å². The SMILES string of the molecule is O=C(Nc1ccc(N2CCN(C(=O)c3ccc(Cl)cc3)CC2)cc1)c1ccc(-c2ccccc2[N+](=O)[O-])o1. The molecule has 1 aromatic heterocycles. The minimum Gasteiger partial charge on any atom is -0.451 e. The third kappa shape index (κ3) is 5.37. The number of carbonyl (C=O) groups excluding carboxylic acids is 2. The summed E-state index contributed by atoms with van der Waals surface area (Å²) in [6.07, 6.45) is 0. The molecular weight excluding hydrogens is 508 g/mol. The first-order chi connectivity index (χ1) is 18.4. The van der Waals surface area contributed by atoms with Crippen LogP contribution < -0.4 is 10.2 Å². The van der Waals surface area contributed by atoms with Crippen LogP contribution in [0.1, 0.15) is 20.9 Å². The van der Waals surface area contributed by atoms with Crippen molar-refractivity contribution in [2.24, 2.45) is 0 Å². The Balaban J connectivity index is 1.18. The van der Waals surface area contributed by atoms with Crippen LogP contribution in [0, 0.1) is 10.1 Å². The van der Waals surface area contributed by atoms with Crippen molar-refractivity contribution >= 4 is 40.5 Å². The van der Waals surface area contributed by atoms with Gasteiger partial charge in [0.05, 0.1) is 10.5 Å². The van der Waals surface area contributed by atoms with Crippen LogP contribution in [-0.4, -0.2) is 47.8 Å². The average Bonchev–Trinajstić information content (AvgIpc) is 3.44. The molecule has 1 N–H and O–H groups in total. The Kier molecular flexibility index (Phi) is 7.10. The van der Waals surface area contributed by atoms with Gasteiger partial charge in [0.1, 0.15) is 5.76 Å². The van der Waals surface area contributed by atoms with Crippen LogP contribution in [-0.2, 0) is 0 Å². The molecule has 38 heavy (non-hydrogen) atoms. The zero-order valence-electron chi connectivity index (χ0n) is 20.2. The van der Waals surface area contributed by atoms with Crippen LogP contribution in [0.2, 0.25) is 5.02 Å². The van der Waals surface area contributed by atoms with Gasteiger partial charge in [-0.3, -0.25) is 19.7 Å². The van der Waals surface area contributed by atoms with E-state index in [0.717, 1.165) is 5.69 Å². The van der Waals surface area contributed by atoms with Crippen molar-refractivity contribution in [1.29, 1.82) is 0 Å². The molecule has 1 fully saturated rings. The van der Waals surface area contributed by atoms with E-state index in [1.54, 1.807) is 54.6 Å². The fourth-order valence-corrected chi connectivity index (χ4v) is 4.46. The first-order valence-corrected chi connectivity index (χ1v) is 12.3. The lowest BCUT2D eigenvalue weighted by Gasteiger charge is -2.36. The number of benzene rings is 3. The Morgan fingerprint density at radius 3 is 2.24 bits per heavy atom. The largest absolute Gasteiger partial charge is 0.451 e. The van der Waals surface area contributed by atoms with Gasteiger partial charge in [0, 0.05) is 54.2 Å². The lowest BCUT2D eigenvalue weighted by atomic mass is 10.1. The topological polar surface area (TPSA) is 109 Å². The molecule has 0 bridgehead atoms. The number of hydrogen-bond donors (Lipinski definition) is 1. The van der Waals surface area contributed by atoms with Crippen molar-refractivity contribution in [1.82, 2.24) is 4.90 Å². The number of piperazine rings is 1. The Morgan fingerprint density at radius 2 is 1.55 bits per heavy atom. The summed E-state index contributed by atoms with van der Waals surface area (Å²) in [5.74, 6) is -0.186. The van der Waals surface area contributed by atoms with Crippen molar-refractivity contribution in [2.75, 3.05) is 36.4 Å². The van der Waals surface area contributed by atoms with E-state index in [9.17, 15) is 19.7 Å². The van der Waals surface area contributed by atoms with Crippen LogP contribution >= 0.6 is 11.6 Å². The highest BCUT2D eigenvalue weighted by Gasteiger charge is 2.23. The lowest BCUT2D eigenvalue weighted by molar-refractivity contribution is -0.384. The Morgan fingerprint density at radius 1 is 0.868 bits per heavy atom. The molecule has 1 saturated heterocycles. The van der Waals surface area contributed by atoms with E-state index in [1.165, 1.54) is 18.2 Å². The number of nitrogens with one attached hydrogen (secondary N) is 1. The quantitative estimate of drug-likeness (QED) is 0.252. The van der Waals surface area contributed by atoms with Crippen LogP contribution in [0.3, 0.4) is 0 Å². The monoisotopic (exact) mass is 530 g/mol. The van der Waals surface area contributed by atoms with Crippen LogP contribution in [0.4, 0.5) is 17.1 Å². The van der Waals surface area contributed by atoms with Crippen molar-refractivity contribution < 1.29 is 18.9 Å². The van der Waals surface area contributed by atoms with E-state index < -0.39 is 10.8 Å². The Bertz CT molecular complexity index is 1480. The predicted molar refractivity (Wildman–Crippen MR) is 145 cm³/mol. The highest BCUT2D eigenvalue weighted by Crippen LogP contribution is 2.31. The molecule has 0 aliphatic carbocycles. The summed E-state index contributed by atoms with van der Waals surface area (Å²) in [4.78, 5) is 40.3. The third-order valence-electron chi connectivity index (χ3n) is 6.34. The maximum Gasteiger partial charge on any atom is 0.291 e. The first-order valence-electron chi connectivity index (χ1n) is 11.9. The van der Waals surface area contributed by atoms with Crippen molar-refractivity contribution in [3.63, 3.8) is 0 Å². The summed E-state index contributed by atoms with van der Waals surface area (Å²) in [6, 6.07) is 23.5. The fraction of sp³-hybridized carbons (Fsp3) is 0.143. The summed E-state index contributed by atoms with van der Waals surface area (Å²) < 4.78 is 5.62. The number of anilines is 2. The van der Waals surface area contributed by atoms with Gasteiger partial charge in [-0.2, -0.15) is 0 Å². The smallest absolute Gasteiger partial charge is 0.291 e. The van der Waals surface area contributed by atoms with Gasteiger partial charge in [-0.05, 0) is 66.7 Å². The molecule has 0 saturated carbocycles. The number of nitro groups is 1. The van der Waals surface area contributed by atoms with Gasteiger partial charge in [0.25, 0.3) is 17.5 Å². The Labute approximate surface area is 223 Å². The molecule has 10 heteroatoms. The number of rotatable bonds is 6. The lowest BCUT2D eigenvalue weighted by Crippen LogP contribution is -2.48. The number of carbonyl (C=O) groups is 2. The predicted octanol–water partition coefficient (Wildman–Crippen LogP) is 5.72. The van der Waals surface area contributed by atoms with Crippen molar-refractivity contribution in [3.05, 3.63) is 111 Å². The van der Waals surface area contributed by atoms with E-state index in [1.807, 2.05) is 17.0 Å². The molecular formula is C28H23ClN4O5. The van der Waals surface area contributed by atoms with Crippen LogP contribution in [0.5, 0.6) is 0 Å². The fourth-order valence-electron chi connectivity index (χ4n) is 4.34. The molecule has 0 unspecified atom stereocenters. The standard InChI is InChI=1S/C28H23ClN4O5/c29-20-7-5-19(6-8-20)28(35)32-17-15-31(16-18-32)22-11-9-21(10-12-22)30-27(34)26-14-13-25(38-26)23-3-1-2-4-24(23)33(36)37/h1-14H,15-18H2,(H,30,34). The third-order valence-corrected chi connectivity index (χ3v) is 6.60. The minimum absolute atomic E-state index is 0.0117. The summed E-state index contributed by atoms with van der Waals surface area (Å²) in [7, 11) is 0. The zero-order chi connectivity index (χ0) is 26.6. The van der Waals surface area contributed by atoms with Crippen molar-refractivity contribution in [3.8, 4) is 11.3 Å². The molecule has 0 radical (unpaired) electrons. The summed E-state index contributed by atoms with van der Waals surface area (Å²) in [6.45, 7) is 2.57. The van der Waals surface area contributed by atoms with Gasteiger partial charge >= 0.3 is 0 Å². The molecule has 1 aliphatic rings. The van der Waals surface area contributed by atoms with Gasteiger partial charge in [0.2, 0.25) is 0 Å². The highest BCUT2D eigenvalue weighted by atomic mass is 35.5. The molecule has 4 aromatic rings. The summed E-state index contributed by atoms with van der Waals surface area (Å²) >= 11 is 5.92. The normalized spacial score (nSPS) is 13.3. The molecule has 5 rings (SSSR count). The first kappa shape index (κ1) is 25.0.